The fourth-order valence-electron chi connectivity index (χ4n) is 2.93. The van der Waals surface area contributed by atoms with Crippen LogP contribution in [0, 0.1) is 5.41 Å². The van der Waals surface area contributed by atoms with Crippen molar-refractivity contribution >= 4 is 0 Å². The lowest BCUT2D eigenvalue weighted by Gasteiger charge is -2.36. The highest BCUT2D eigenvalue weighted by Gasteiger charge is 2.26. The Labute approximate surface area is 114 Å². The van der Waals surface area contributed by atoms with E-state index in [9.17, 15) is 0 Å². The van der Waals surface area contributed by atoms with E-state index in [1.165, 1.54) is 38.9 Å². The number of hydrogen-bond acceptors (Lipinski definition) is 3. The summed E-state index contributed by atoms with van der Waals surface area (Å²) < 4.78 is 0. The first kappa shape index (κ1) is 15.9. The van der Waals surface area contributed by atoms with Gasteiger partial charge in [-0.05, 0) is 57.4 Å². The molecule has 1 aliphatic heterocycles. The van der Waals surface area contributed by atoms with Crippen LogP contribution in [0.2, 0.25) is 0 Å². The van der Waals surface area contributed by atoms with Gasteiger partial charge in [-0.1, -0.05) is 27.7 Å². The Morgan fingerprint density at radius 1 is 1.22 bits per heavy atom. The standard InChI is InChI=1S/C15H33N3/c1-5-17-10-7-8-14(9-11-17)18(6-2)13-15(3,4)12-16/h14H,5-13,16H2,1-4H3. The van der Waals surface area contributed by atoms with Gasteiger partial charge in [0, 0.05) is 12.6 Å². The van der Waals surface area contributed by atoms with Crippen LogP contribution in [0.15, 0.2) is 0 Å². The van der Waals surface area contributed by atoms with Crippen molar-refractivity contribution in [3.8, 4) is 0 Å². The minimum atomic E-state index is 0.243. The van der Waals surface area contributed by atoms with E-state index < -0.39 is 0 Å². The third kappa shape index (κ3) is 4.87. The van der Waals surface area contributed by atoms with Gasteiger partial charge >= 0.3 is 0 Å². The van der Waals surface area contributed by atoms with Crippen molar-refractivity contribution in [1.82, 2.24) is 9.80 Å². The molecule has 1 saturated heterocycles. The van der Waals surface area contributed by atoms with Crippen LogP contribution in [0.25, 0.3) is 0 Å². The zero-order valence-electron chi connectivity index (χ0n) is 12.9. The normalized spacial score (nSPS) is 23.3. The van der Waals surface area contributed by atoms with Crippen LogP contribution in [0.4, 0.5) is 0 Å². The minimum absolute atomic E-state index is 0.243. The first-order valence-electron chi connectivity index (χ1n) is 7.69. The second-order valence-corrected chi connectivity index (χ2v) is 6.45. The van der Waals surface area contributed by atoms with E-state index in [1.54, 1.807) is 0 Å². The summed E-state index contributed by atoms with van der Waals surface area (Å²) in [7, 11) is 0. The Morgan fingerprint density at radius 3 is 2.50 bits per heavy atom. The zero-order valence-corrected chi connectivity index (χ0v) is 12.9. The number of nitrogens with zero attached hydrogens (tertiary/aromatic N) is 2. The predicted molar refractivity (Wildman–Crippen MR) is 79.8 cm³/mol. The Balaban J connectivity index is 2.54. The molecular weight excluding hydrogens is 222 g/mol. The molecule has 0 aromatic heterocycles. The van der Waals surface area contributed by atoms with Gasteiger partial charge in [-0.3, -0.25) is 0 Å². The van der Waals surface area contributed by atoms with Gasteiger partial charge in [0.15, 0.2) is 0 Å². The maximum Gasteiger partial charge on any atom is 0.0108 e. The highest BCUT2D eigenvalue weighted by molar-refractivity contribution is 4.82. The fraction of sp³-hybridized carbons (Fsp3) is 1.00. The molecule has 0 aromatic rings. The molecule has 0 saturated carbocycles. The molecule has 0 spiro atoms. The molecule has 1 rings (SSSR count). The van der Waals surface area contributed by atoms with Crippen molar-refractivity contribution in [2.75, 3.05) is 39.3 Å². The van der Waals surface area contributed by atoms with E-state index in [0.29, 0.717) is 0 Å². The maximum atomic E-state index is 5.88. The molecular formula is C15H33N3. The third-order valence-corrected chi connectivity index (χ3v) is 4.34. The fourth-order valence-corrected chi connectivity index (χ4v) is 2.93. The highest BCUT2D eigenvalue weighted by Crippen LogP contribution is 2.22. The topological polar surface area (TPSA) is 32.5 Å². The first-order valence-corrected chi connectivity index (χ1v) is 7.69. The molecule has 0 aliphatic carbocycles. The summed E-state index contributed by atoms with van der Waals surface area (Å²) in [4.78, 5) is 5.24. The highest BCUT2D eigenvalue weighted by atomic mass is 15.2. The molecule has 18 heavy (non-hydrogen) atoms. The molecule has 1 unspecified atom stereocenters. The lowest BCUT2D eigenvalue weighted by molar-refractivity contribution is 0.127. The van der Waals surface area contributed by atoms with Gasteiger partial charge in [-0.15, -0.1) is 0 Å². The van der Waals surface area contributed by atoms with Crippen molar-refractivity contribution in [1.29, 1.82) is 0 Å². The SMILES string of the molecule is CCN1CCCC(N(CC)CC(C)(C)CN)CC1. The Bertz CT molecular complexity index is 228. The average molecular weight is 255 g/mol. The van der Waals surface area contributed by atoms with Crippen molar-refractivity contribution in [2.45, 2.75) is 53.0 Å². The van der Waals surface area contributed by atoms with Crippen LogP contribution in [0.1, 0.15) is 47.0 Å². The van der Waals surface area contributed by atoms with Gasteiger partial charge in [0.1, 0.15) is 0 Å². The quantitative estimate of drug-likeness (QED) is 0.789. The Morgan fingerprint density at radius 2 is 1.94 bits per heavy atom. The van der Waals surface area contributed by atoms with E-state index in [-0.39, 0.29) is 5.41 Å². The van der Waals surface area contributed by atoms with Gasteiger partial charge < -0.3 is 15.5 Å². The van der Waals surface area contributed by atoms with Gasteiger partial charge in [0.2, 0.25) is 0 Å². The molecule has 0 bridgehead atoms. The molecule has 1 heterocycles. The number of rotatable bonds is 6. The second-order valence-electron chi connectivity index (χ2n) is 6.45. The van der Waals surface area contributed by atoms with Crippen molar-refractivity contribution < 1.29 is 0 Å². The molecule has 1 atom stereocenters. The summed E-state index contributed by atoms with van der Waals surface area (Å²) in [6.45, 7) is 15.9. The summed E-state index contributed by atoms with van der Waals surface area (Å²) in [5, 5.41) is 0. The van der Waals surface area contributed by atoms with Gasteiger partial charge in [0.05, 0.1) is 0 Å². The monoisotopic (exact) mass is 255 g/mol. The summed E-state index contributed by atoms with van der Waals surface area (Å²) in [6, 6.07) is 0.761. The number of likely N-dealkylation sites (tertiary alicyclic amines) is 1. The minimum Gasteiger partial charge on any atom is -0.330 e. The van der Waals surface area contributed by atoms with Crippen molar-refractivity contribution in [3.05, 3.63) is 0 Å². The Kier molecular flexibility index (Phi) is 6.61. The molecule has 3 nitrogen and oxygen atoms in total. The van der Waals surface area contributed by atoms with Crippen molar-refractivity contribution in [2.24, 2.45) is 11.1 Å². The Hall–Kier alpha value is -0.120. The summed E-state index contributed by atoms with van der Waals surface area (Å²) in [6.07, 6.45) is 4.02. The molecule has 1 aliphatic rings. The molecule has 3 heteroatoms. The molecule has 0 radical (unpaired) electrons. The van der Waals surface area contributed by atoms with Gasteiger partial charge in [0.25, 0.3) is 0 Å². The van der Waals surface area contributed by atoms with Crippen LogP contribution in [0.3, 0.4) is 0 Å². The van der Waals surface area contributed by atoms with E-state index in [4.69, 9.17) is 5.73 Å². The number of hydrogen-bond donors (Lipinski definition) is 1. The molecule has 1 fully saturated rings. The third-order valence-electron chi connectivity index (χ3n) is 4.34. The number of nitrogens with two attached hydrogens (primary N) is 1. The summed E-state index contributed by atoms with van der Waals surface area (Å²) in [5.74, 6) is 0. The van der Waals surface area contributed by atoms with Crippen LogP contribution in [0.5, 0.6) is 0 Å². The van der Waals surface area contributed by atoms with Crippen LogP contribution >= 0.6 is 0 Å². The smallest absolute Gasteiger partial charge is 0.0108 e. The van der Waals surface area contributed by atoms with Crippen molar-refractivity contribution in [3.63, 3.8) is 0 Å². The summed E-state index contributed by atoms with van der Waals surface area (Å²) in [5.41, 5.74) is 6.12. The van der Waals surface area contributed by atoms with Crippen LogP contribution in [-0.2, 0) is 0 Å². The van der Waals surface area contributed by atoms with E-state index in [0.717, 1.165) is 25.7 Å². The molecule has 0 aromatic carbocycles. The van der Waals surface area contributed by atoms with E-state index in [1.807, 2.05) is 0 Å². The lowest BCUT2D eigenvalue weighted by atomic mass is 9.91. The van der Waals surface area contributed by atoms with Gasteiger partial charge in [-0.25, -0.2) is 0 Å². The van der Waals surface area contributed by atoms with E-state index >= 15 is 0 Å². The average Bonchev–Trinajstić information content (AvgIpc) is 2.61. The summed E-state index contributed by atoms with van der Waals surface area (Å²) >= 11 is 0. The van der Waals surface area contributed by atoms with Crippen LogP contribution < -0.4 is 5.73 Å². The lowest BCUT2D eigenvalue weighted by Crippen LogP contribution is -2.44. The van der Waals surface area contributed by atoms with Gasteiger partial charge in [-0.2, -0.15) is 0 Å². The molecule has 108 valence electrons. The zero-order chi connectivity index (χ0) is 13.6. The molecule has 0 amide bonds. The van der Waals surface area contributed by atoms with E-state index in [2.05, 4.69) is 37.5 Å². The predicted octanol–water partition coefficient (Wildman–Crippen LogP) is 2.17. The molecule has 2 N–H and O–H groups in total. The maximum absolute atomic E-state index is 5.88. The first-order chi connectivity index (χ1) is 8.52. The second kappa shape index (κ2) is 7.46. The van der Waals surface area contributed by atoms with Crippen LogP contribution in [-0.4, -0.2) is 55.1 Å². The largest absolute Gasteiger partial charge is 0.330 e.